The van der Waals surface area contributed by atoms with Crippen LogP contribution in [0.25, 0.3) is 10.2 Å². The van der Waals surface area contributed by atoms with E-state index in [1.165, 1.54) is 23.5 Å². The van der Waals surface area contributed by atoms with Crippen LogP contribution in [0.4, 0.5) is 5.13 Å². The Balaban J connectivity index is 1.69. The smallest absolute Gasteiger partial charge is 0.251 e. The van der Waals surface area contributed by atoms with Gasteiger partial charge in [0.05, 0.1) is 10.2 Å². The number of carbonyl (C=O) groups is 1. The first-order valence-corrected chi connectivity index (χ1v) is 8.21. The number of thioether (sulfide) groups is 1. The van der Waals surface area contributed by atoms with Crippen LogP contribution in [-0.2, 0) is 0 Å². The number of nitrogens with one attached hydrogen (secondary N) is 1. The number of amides is 1. The minimum Gasteiger partial charge on any atom is -0.375 e. The Labute approximate surface area is 119 Å². The molecule has 1 amide bonds. The maximum Gasteiger partial charge on any atom is 0.251 e. The summed E-state index contributed by atoms with van der Waals surface area (Å²) in [6, 6.07) is 5.52. The number of hydrogen-bond acceptors (Lipinski definition) is 5. The van der Waals surface area contributed by atoms with E-state index in [0.717, 1.165) is 22.5 Å². The topological polar surface area (TPSA) is 68.0 Å². The lowest BCUT2D eigenvalue weighted by Crippen LogP contribution is -2.29. The van der Waals surface area contributed by atoms with Gasteiger partial charge in [-0.1, -0.05) is 11.3 Å². The third-order valence-electron chi connectivity index (χ3n) is 3.24. The SMILES string of the molecule is Nc1nc2ccc(C(=O)NCC3CCSC3)cc2s1. The number of rotatable bonds is 3. The zero-order valence-electron chi connectivity index (χ0n) is 10.4. The highest BCUT2D eigenvalue weighted by molar-refractivity contribution is 7.99. The fourth-order valence-electron chi connectivity index (χ4n) is 2.17. The number of nitrogens with zero attached hydrogens (tertiary/aromatic N) is 1. The molecule has 2 heterocycles. The number of thiazole rings is 1. The molecule has 2 aromatic rings. The van der Waals surface area contributed by atoms with Gasteiger partial charge in [0.1, 0.15) is 0 Å². The Kier molecular flexibility index (Phi) is 3.61. The second-order valence-corrected chi connectivity index (χ2v) is 6.89. The minimum absolute atomic E-state index is 0.00854. The molecule has 4 nitrogen and oxygen atoms in total. The number of nitrogen functional groups attached to an aromatic ring is 1. The van der Waals surface area contributed by atoms with Gasteiger partial charge >= 0.3 is 0 Å². The van der Waals surface area contributed by atoms with Crippen molar-refractivity contribution < 1.29 is 4.79 Å². The van der Waals surface area contributed by atoms with Crippen LogP contribution in [-0.4, -0.2) is 28.9 Å². The van der Waals surface area contributed by atoms with E-state index in [1.807, 2.05) is 23.9 Å². The molecule has 1 aromatic heterocycles. The number of fused-ring (bicyclic) bond motifs is 1. The van der Waals surface area contributed by atoms with Crippen molar-refractivity contribution in [3.8, 4) is 0 Å². The normalized spacial score (nSPS) is 18.8. The van der Waals surface area contributed by atoms with E-state index in [-0.39, 0.29) is 5.91 Å². The summed E-state index contributed by atoms with van der Waals surface area (Å²) < 4.78 is 0.960. The lowest BCUT2D eigenvalue weighted by atomic mass is 10.1. The first-order valence-electron chi connectivity index (χ1n) is 6.24. The summed E-state index contributed by atoms with van der Waals surface area (Å²) in [5.74, 6) is 2.99. The molecule has 6 heteroatoms. The number of benzene rings is 1. The Morgan fingerprint density at radius 2 is 2.42 bits per heavy atom. The van der Waals surface area contributed by atoms with Gasteiger partial charge in [-0.2, -0.15) is 11.8 Å². The van der Waals surface area contributed by atoms with Crippen LogP contribution in [0.3, 0.4) is 0 Å². The molecule has 0 saturated carbocycles. The van der Waals surface area contributed by atoms with Crippen LogP contribution in [0, 0.1) is 5.92 Å². The predicted molar refractivity (Wildman–Crippen MR) is 81.8 cm³/mol. The summed E-state index contributed by atoms with van der Waals surface area (Å²) in [7, 11) is 0. The molecule has 100 valence electrons. The first-order chi connectivity index (χ1) is 9.22. The second-order valence-electron chi connectivity index (χ2n) is 4.67. The van der Waals surface area contributed by atoms with E-state index >= 15 is 0 Å². The van der Waals surface area contributed by atoms with Gasteiger partial charge in [0.2, 0.25) is 0 Å². The lowest BCUT2D eigenvalue weighted by molar-refractivity contribution is 0.0948. The zero-order valence-corrected chi connectivity index (χ0v) is 12.0. The Morgan fingerprint density at radius 1 is 1.53 bits per heavy atom. The van der Waals surface area contributed by atoms with E-state index < -0.39 is 0 Å². The lowest BCUT2D eigenvalue weighted by Gasteiger charge is -2.09. The van der Waals surface area contributed by atoms with Crippen molar-refractivity contribution >= 4 is 44.4 Å². The van der Waals surface area contributed by atoms with Gasteiger partial charge in [0.25, 0.3) is 5.91 Å². The molecule has 1 unspecified atom stereocenters. The molecule has 1 aliphatic heterocycles. The van der Waals surface area contributed by atoms with Crippen molar-refractivity contribution in [3.63, 3.8) is 0 Å². The predicted octanol–water partition coefficient (Wildman–Crippen LogP) is 2.36. The monoisotopic (exact) mass is 293 g/mol. The standard InChI is InChI=1S/C13H15N3OS2/c14-13-16-10-2-1-9(5-11(10)19-13)12(17)15-6-8-3-4-18-7-8/h1-2,5,8H,3-4,6-7H2,(H2,14,16)(H,15,17). The number of carbonyl (C=O) groups excluding carboxylic acids is 1. The Morgan fingerprint density at radius 3 is 3.21 bits per heavy atom. The van der Waals surface area contributed by atoms with Gasteiger partial charge in [-0.15, -0.1) is 0 Å². The summed E-state index contributed by atoms with van der Waals surface area (Å²) in [6.07, 6.45) is 1.20. The highest BCUT2D eigenvalue weighted by Gasteiger charge is 2.16. The summed E-state index contributed by atoms with van der Waals surface area (Å²) >= 11 is 3.37. The number of hydrogen-bond donors (Lipinski definition) is 2. The molecule has 3 N–H and O–H groups in total. The molecular weight excluding hydrogens is 278 g/mol. The number of nitrogens with two attached hydrogens (primary N) is 1. The van der Waals surface area contributed by atoms with Crippen molar-refractivity contribution in [2.24, 2.45) is 5.92 Å². The maximum atomic E-state index is 12.1. The van der Waals surface area contributed by atoms with Crippen LogP contribution in [0.15, 0.2) is 18.2 Å². The molecule has 0 aliphatic carbocycles. The molecule has 19 heavy (non-hydrogen) atoms. The zero-order chi connectivity index (χ0) is 13.2. The van der Waals surface area contributed by atoms with Gasteiger partial charge in [-0.25, -0.2) is 4.98 Å². The third-order valence-corrected chi connectivity index (χ3v) is 5.32. The summed E-state index contributed by atoms with van der Waals surface area (Å²) in [5.41, 5.74) is 7.20. The largest absolute Gasteiger partial charge is 0.375 e. The van der Waals surface area contributed by atoms with E-state index in [4.69, 9.17) is 5.73 Å². The minimum atomic E-state index is -0.00854. The highest BCUT2D eigenvalue weighted by atomic mass is 32.2. The van der Waals surface area contributed by atoms with Crippen molar-refractivity contribution in [1.29, 1.82) is 0 Å². The van der Waals surface area contributed by atoms with Crippen molar-refractivity contribution in [3.05, 3.63) is 23.8 Å². The van der Waals surface area contributed by atoms with Gasteiger partial charge < -0.3 is 11.1 Å². The molecule has 0 bridgehead atoms. The van der Waals surface area contributed by atoms with Crippen LogP contribution < -0.4 is 11.1 Å². The highest BCUT2D eigenvalue weighted by Crippen LogP contribution is 2.25. The fourth-order valence-corrected chi connectivity index (χ4v) is 4.23. The molecule has 0 radical (unpaired) electrons. The molecule has 1 saturated heterocycles. The van der Waals surface area contributed by atoms with Gasteiger partial charge in [0, 0.05) is 12.1 Å². The summed E-state index contributed by atoms with van der Waals surface area (Å²) in [4.78, 5) is 16.3. The van der Waals surface area contributed by atoms with E-state index in [9.17, 15) is 4.79 Å². The Hall–Kier alpha value is -1.27. The molecule has 0 spiro atoms. The van der Waals surface area contributed by atoms with E-state index in [2.05, 4.69) is 10.3 Å². The molecule has 3 rings (SSSR count). The Bertz CT molecular complexity index is 605. The second kappa shape index (κ2) is 5.38. The van der Waals surface area contributed by atoms with Gasteiger partial charge in [-0.05, 0) is 42.0 Å². The molecular formula is C13H15N3OS2. The van der Waals surface area contributed by atoms with Crippen LogP contribution in [0.5, 0.6) is 0 Å². The quantitative estimate of drug-likeness (QED) is 0.911. The van der Waals surface area contributed by atoms with Gasteiger partial charge in [0.15, 0.2) is 5.13 Å². The average Bonchev–Trinajstić information content (AvgIpc) is 3.02. The summed E-state index contributed by atoms with van der Waals surface area (Å²) in [6.45, 7) is 0.773. The fraction of sp³-hybridized carbons (Fsp3) is 0.385. The van der Waals surface area contributed by atoms with Crippen molar-refractivity contribution in [1.82, 2.24) is 10.3 Å². The molecule has 1 aliphatic rings. The average molecular weight is 293 g/mol. The maximum absolute atomic E-state index is 12.1. The van der Waals surface area contributed by atoms with Crippen LogP contribution in [0.2, 0.25) is 0 Å². The third kappa shape index (κ3) is 2.84. The number of aromatic nitrogens is 1. The van der Waals surface area contributed by atoms with E-state index in [0.29, 0.717) is 16.6 Å². The van der Waals surface area contributed by atoms with Crippen LogP contribution >= 0.6 is 23.1 Å². The first kappa shape index (κ1) is 12.7. The van der Waals surface area contributed by atoms with Crippen molar-refractivity contribution in [2.45, 2.75) is 6.42 Å². The summed E-state index contributed by atoms with van der Waals surface area (Å²) in [5, 5.41) is 3.55. The number of anilines is 1. The molecule has 1 atom stereocenters. The van der Waals surface area contributed by atoms with E-state index in [1.54, 1.807) is 6.07 Å². The molecule has 1 aromatic carbocycles. The van der Waals surface area contributed by atoms with Crippen LogP contribution in [0.1, 0.15) is 16.8 Å². The molecule has 1 fully saturated rings. The van der Waals surface area contributed by atoms with Crippen molar-refractivity contribution in [2.75, 3.05) is 23.8 Å². The van der Waals surface area contributed by atoms with Gasteiger partial charge in [-0.3, -0.25) is 4.79 Å².